The van der Waals surface area contributed by atoms with E-state index in [1.807, 2.05) is 30.3 Å². The van der Waals surface area contributed by atoms with Gasteiger partial charge in [-0.2, -0.15) is 10.2 Å². The lowest BCUT2D eigenvalue weighted by molar-refractivity contribution is 0.831. The second-order valence-electron chi connectivity index (χ2n) is 7.50. The third kappa shape index (κ3) is 3.45. The molecule has 2 aliphatic rings. The van der Waals surface area contributed by atoms with Crippen molar-refractivity contribution in [2.75, 3.05) is 0 Å². The Morgan fingerprint density at radius 2 is 1.52 bits per heavy atom. The molecule has 142 valence electrons. The van der Waals surface area contributed by atoms with Crippen molar-refractivity contribution in [3.8, 4) is 0 Å². The zero-order chi connectivity index (χ0) is 19.6. The topological polar surface area (TPSA) is 25.8 Å². The van der Waals surface area contributed by atoms with Crippen LogP contribution in [0.25, 0.3) is 27.1 Å². The second kappa shape index (κ2) is 7.81. The highest BCUT2D eigenvalue weighted by Crippen LogP contribution is 2.40. The number of hydrogen-bond acceptors (Lipinski definition) is 2. The molecule has 0 N–H and O–H groups in total. The van der Waals surface area contributed by atoms with Gasteiger partial charge in [-0.25, -0.2) is 0 Å². The molecule has 0 fully saturated rings. The first kappa shape index (κ1) is 18.1. The molecule has 0 unspecified atom stereocenters. The number of aryl methyl sites for hydroxylation is 1. The van der Waals surface area contributed by atoms with Gasteiger partial charge in [-0.1, -0.05) is 77.9 Å². The van der Waals surface area contributed by atoms with Crippen molar-refractivity contribution >= 4 is 38.7 Å². The van der Waals surface area contributed by atoms with E-state index in [4.69, 9.17) is 11.6 Å². The lowest BCUT2D eigenvalue weighted by Gasteiger charge is -2.25. The number of aromatic nitrogens is 2. The van der Waals surface area contributed by atoms with E-state index in [0.29, 0.717) is 0 Å². The molecule has 0 amide bonds. The Bertz CT molecular complexity index is 1200. The molecule has 0 aliphatic heterocycles. The average Bonchev–Trinajstić information content (AvgIpc) is 2.79. The molecule has 29 heavy (non-hydrogen) atoms. The smallest absolute Gasteiger partial charge is 0.0574 e. The highest BCUT2D eigenvalue weighted by molar-refractivity contribution is 6.35. The van der Waals surface area contributed by atoms with E-state index >= 15 is 0 Å². The van der Waals surface area contributed by atoms with Gasteiger partial charge in [-0.15, -0.1) is 0 Å². The molecule has 1 aromatic heterocycles. The van der Waals surface area contributed by atoms with Gasteiger partial charge in [-0.05, 0) is 53.8 Å². The number of allylic oxidation sites excluding steroid dienone is 4. The van der Waals surface area contributed by atoms with Crippen LogP contribution in [0.2, 0.25) is 5.02 Å². The lowest BCUT2D eigenvalue weighted by Crippen LogP contribution is -2.07. The molecule has 2 aliphatic carbocycles. The summed E-state index contributed by atoms with van der Waals surface area (Å²) in [6.45, 7) is 0. The largest absolute Gasteiger partial charge is 0.158 e. The van der Waals surface area contributed by atoms with Gasteiger partial charge in [0.1, 0.15) is 0 Å². The third-order valence-corrected chi connectivity index (χ3v) is 6.15. The molecule has 1 heterocycles. The van der Waals surface area contributed by atoms with E-state index in [0.717, 1.165) is 22.2 Å². The van der Waals surface area contributed by atoms with Crippen LogP contribution in [0.3, 0.4) is 0 Å². The number of benzene rings is 3. The quantitative estimate of drug-likeness (QED) is 0.314. The minimum atomic E-state index is 0.860. The van der Waals surface area contributed by atoms with Crippen molar-refractivity contribution in [3.05, 3.63) is 101 Å². The molecule has 3 aromatic carbocycles. The lowest BCUT2D eigenvalue weighted by atomic mass is 9.79. The Morgan fingerprint density at radius 1 is 0.724 bits per heavy atom. The van der Waals surface area contributed by atoms with Gasteiger partial charge >= 0.3 is 0 Å². The monoisotopic (exact) mass is 396 g/mol. The highest BCUT2D eigenvalue weighted by Gasteiger charge is 2.20. The van der Waals surface area contributed by atoms with E-state index in [2.05, 4.69) is 46.6 Å². The summed E-state index contributed by atoms with van der Waals surface area (Å²) >= 11 is 6.31. The van der Waals surface area contributed by atoms with Crippen molar-refractivity contribution in [3.63, 3.8) is 0 Å². The normalized spacial score (nSPS) is 14.9. The van der Waals surface area contributed by atoms with Crippen molar-refractivity contribution in [1.29, 1.82) is 0 Å². The molecule has 0 saturated carbocycles. The Hall–Kier alpha value is -2.97. The van der Waals surface area contributed by atoms with Crippen molar-refractivity contribution in [1.82, 2.24) is 10.2 Å². The first-order valence-electron chi connectivity index (χ1n) is 10.1. The van der Waals surface area contributed by atoms with Gasteiger partial charge in [-0.3, -0.25) is 0 Å². The van der Waals surface area contributed by atoms with Crippen LogP contribution in [0.4, 0.5) is 0 Å². The summed E-state index contributed by atoms with van der Waals surface area (Å²) in [5.41, 5.74) is 6.00. The van der Waals surface area contributed by atoms with E-state index in [1.54, 1.807) is 18.0 Å². The zero-order valence-electron chi connectivity index (χ0n) is 16.1. The SMILES string of the molecule is Clc1cccc2c3c(ccc12)C1=C(CCC=C1)CC3.c1ccc2cnncc2c1. The van der Waals surface area contributed by atoms with Crippen LogP contribution in [0.15, 0.2) is 84.7 Å². The number of rotatable bonds is 0. The minimum absolute atomic E-state index is 0.860. The molecular weight excluding hydrogens is 376 g/mol. The summed E-state index contributed by atoms with van der Waals surface area (Å²) in [4.78, 5) is 0. The molecule has 0 spiro atoms. The Morgan fingerprint density at radius 3 is 2.31 bits per heavy atom. The molecular formula is C26H21ClN2. The van der Waals surface area contributed by atoms with Crippen LogP contribution in [0.1, 0.15) is 30.4 Å². The minimum Gasteiger partial charge on any atom is -0.158 e. The van der Waals surface area contributed by atoms with Gasteiger partial charge in [0.15, 0.2) is 0 Å². The first-order chi connectivity index (χ1) is 14.3. The third-order valence-electron chi connectivity index (χ3n) is 5.82. The number of nitrogens with zero attached hydrogens (tertiary/aromatic N) is 2. The molecule has 0 atom stereocenters. The Kier molecular flexibility index (Phi) is 4.87. The van der Waals surface area contributed by atoms with Crippen LogP contribution < -0.4 is 0 Å². The van der Waals surface area contributed by atoms with Crippen LogP contribution in [0, 0.1) is 0 Å². The van der Waals surface area contributed by atoms with Crippen LogP contribution in [-0.2, 0) is 6.42 Å². The molecule has 4 aromatic rings. The first-order valence-corrected chi connectivity index (χ1v) is 10.4. The van der Waals surface area contributed by atoms with Gasteiger partial charge in [0.25, 0.3) is 0 Å². The van der Waals surface area contributed by atoms with E-state index in [-0.39, 0.29) is 0 Å². The molecule has 0 radical (unpaired) electrons. The summed E-state index contributed by atoms with van der Waals surface area (Å²) in [6.07, 6.45) is 12.9. The van der Waals surface area contributed by atoms with E-state index in [9.17, 15) is 0 Å². The van der Waals surface area contributed by atoms with E-state index < -0.39 is 0 Å². The summed E-state index contributed by atoms with van der Waals surface area (Å²) in [5.74, 6) is 0. The Labute approximate surface area is 175 Å². The average molecular weight is 397 g/mol. The molecule has 0 bridgehead atoms. The van der Waals surface area contributed by atoms with Gasteiger partial charge < -0.3 is 0 Å². The van der Waals surface area contributed by atoms with Gasteiger partial charge in [0.05, 0.1) is 12.4 Å². The fraction of sp³-hybridized carbons (Fsp3) is 0.154. The van der Waals surface area contributed by atoms with Crippen LogP contribution in [-0.4, -0.2) is 10.2 Å². The predicted octanol–water partition coefficient (Wildman–Crippen LogP) is 7.17. The molecule has 3 heteroatoms. The Balaban J connectivity index is 0.000000153. The summed E-state index contributed by atoms with van der Waals surface area (Å²) in [5, 5.41) is 13.2. The number of hydrogen-bond donors (Lipinski definition) is 0. The predicted molar refractivity (Wildman–Crippen MR) is 122 cm³/mol. The fourth-order valence-corrected chi connectivity index (χ4v) is 4.61. The second-order valence-corrected chi connectivity index (χ2v) is 7.91. The van der Waals surface area contributed by atoms with E-state index in [1.165, 1.54) is 46.7 Å². The molecule has 6 rings (SSSR count). The number of halogens is 1. The molecule has 0 saturated heterocycles. The van der Waals surface area contributed by atoms with Crippen LogP contribution in [0.5, 0.6) is 0 Å². The zero-order valence-corrected chi connectivity index (χ0v) is 16.9. The maximum Gasteiger partial charge on any atom is 0.0574 e. The maximum atomic E-state index is 6.31. The summed E-state index contributed by atoms with van der Waals surface area (Å²) in [6, 6.07) is 18.7. The molecule has 2 nitrogen and oxygen atoms in total. The van der Waals surface area contributed by atoms with Gasteiger partial charge in [0.2, 0.25) is 0 Å². The maximum absolute atomic E-state index is 6.31. The van der Waals surface area contributed by atoms with Crippen LogP contribution >= 0.6 is 11.6 Å². The van der Waals surface area contributed by atoms with Crippen molar-refractivity contribution in [2.45, 2.75) is 25.7 Å². The number of fused-ring (bicyclic) bond motifs is 5. The van der Waals surface area contributed by atoms with Crippen molar-refractivity contribution in [2.24, 2.45) is 0 Å². The highest BCUT2D eigenvalue weighted by atomic mass is 35.5. The standard InChI is InChI=1S/C18H15Cl.C8H6N2/c19-18-7-3-6-14-16-9-8-12-4-1-2-5-13(12)15(16)10-11-17(14)18;1-2-4-8-6-10-9-5-7(8)3-1/h2-3,5-7,10-11H,1,4,8-9H2;1-6H. The summed E-state index contributed by atoms with van der Waals surface area (Å²) < 4.78 is 0. The van der Waals surface area contributed by atoms with Gasteiger partial charge in [0, 0.05) is 21.2 Å². The van der Waals surface area contributed by atoms with Crippen molar-refractivity contribution < 1.29 is 0 Å². The fourth-order valence-electron chi connectivity index (χ4n) is 4.37. The summed E-state index contributed by atoms with van der Waals surface area (Å²) in [7, 11) is 0.